The molecular weight excluding hydrogens is 268 g/mol. The van der Waals surface area contributed by atoms with Gasteiger partial charge in [0.25, 0.3) is 0 Å². The van der Waals surface area contributed by atoms with E-state index in [0.717, 1.165) is 23.7 Å². The van der Waals surface area contributed by atoms with Gasteiger partial charge in [-0.3, -0.25) is 9.48 Å². The lowest BCUT2D eigenvalue weighted by Gasteiger charge is -2.14. The average Bonchev–Trinajstić information content (AvgIpc) is 2.95. The SMILES string of the molecule is CCn1cc(N[C@H](C)C(=O)Nc2ccc(OC)cc2)cn1. The van der Waals surface area contributed by atoms with Crippen LogP contribution >= 0.6 is 0 Å². The van der Waals surface area contributed by atoms with Crippen LogP contribution in [-0.4, -0.2) is 28.8 Å². The molecule has 1 atom stereocenters. The van der Waals surface area contributed by atoms with E-state index in [-0.39, 0.29) is 11.9 Å². The van der Waals surface area contributed by atoms with Crippen molar-refractivity contribution in [3.8, 4) is 5.75 Å². The van der Waals surface area contributed by atoms with Gasteiger partial charge in [-0.05, 0) is 38.1 Å². The second kappa shape index (κ2) is 6.78. The van der Waals surface area contributed by atoms with E-state index in [1.165, 1.54) is 0 Å². The number of anilines is 2. The van der Waals surface area contributed by atoms with Gasteiger partial charge in [0.1, 0.15) is 11.8 Å². The lowest BCUT2D eigenvalue weighted by atomic mass is 10.2. The van der Waals surface area contributed by atoms with E-state index < -0.39 is 0 Å². The molecule has 6 nitrogen and oxygen atoms in total. The molecule has 0 saturated heterocycles. The normalized spacial score (nSPS) is 11.8. The van der Waals surface area contributed by atoms with Gasteiger partial charge in [-0.25, -0.2) is 0 Å². The average molecular weight is 288 g/mol. The Kier molecular flexibility index (Phi) is 4.81. The van der Waals surface area contributed by atoms with E-state index in [1.54, 1.807) is 42.3 Å². The molecule has 1 heterocycles. The molecule has 0 radical (unpaired) electrons. The van der Waals surface area contributed by atoms with E-state index >= 15 is 0 Å². The molecule has 0 aliphatic carbocycles. The number of aromatic nitrogens is 2. The van der Waals surface area contributed by atoms with Crippen LogP contribution in [0.3, 0.4) is 0 Å². The third-order valence-electron chi connectivity index (χ3n) is 3.09. The molecular formula is C15H20N4O2. The van der Waals surface area contributed by atoms with Crippen LogP contribution in [0.25, 0.3) is 0 Å². The molecule has 0 bridgehead atoms. The molecule has 0 aliphatic rings. The molecule has 112 valence electrons. The summed E-state index contributed by atoms with van der Waals surface area (Å²) in [7, 11) is 1.61. The third-order valence-corrected chi connectivity index (χ3v) is 3.09. The molecule has 2 N–H and O–H groups in total. The minimum Gasteiger partial charge on any atom is -0.497 e. The van der Waals surface area contributed by atoms with Crippen LogP contribution in [0.4, 0.5) is 11.4 Å². The number of hydrogen-bond acceptors (Lipinski definition) is 4. The molecule has 1 aromatic heterocycles. The van der Waals surface area contributed by atoms with Crippen molar-refractivity contribution < 1.29 is 9.53 Å². The van der Waals surface area contributed by atoms with Crippen LogP contribution in [0, 0.1) is 0 Å². The second-order valence-corrected chi connectivity index (χ2v) is 4.67. The van der Waals surface area contributed by atoms with Crippen molar-refractivity contribution in [2.45, 2.75) is 26.4 Å². The molecule has 1 amide bonds. The van der Waals surface area contributed by atoms with E-state index in [1.807, 2.05) is 20.0 Å². The summed E-state index contributed by atoms with van der Waals surface area (Å²) in [5.74, 6) is 0.649. The predicted octanol–water partition coefficient (Wildman–Crippen LogP) is 2.35. The summed E-state index contributed by atoms with van der Waals surface area (Å²) in [5, 5.41) is 10.1. The lowest BCUT2D eigenvalue weighted by molar-refractivity contribution is -0.116. The van der Waals surface area contributed by atoms with Gasteiger partial charge < -0.3 is 15.4 Å². The summed E-state index contributed by atoms with van der Waals surface area (Å²) >= 11 is 0. The van der Waals surface area contributed by atoms with Gasteiger partial charge in [-0.2, -0.15) is 5.10 Å². The Morgan fingerprint density at radius 2 is 2.05 bits per heavy atom. The number of hydrogen-bond donors (Lipinski definition) is 2. The number of rotatable bonds is 6. The topological polar surface area (TPSA) is 68.2 Å². The Balaban J connectivity index is 1.92. The van der Waals surface area contributed by atoms with Gasteiger partial charge in [0.2, 0.25) is 5.91 Å². The summed E-state index contributed by atoms with van der Waals surface area (Å²) in [4.78, 5) is 12.1. The number of nitrogens with zero attached hydrogens (tertiary/aromatic N) is 2. The summed E-state index contributed by atoms with van der Waals surface area (Å²) in [6.45, 7) is 4.62. The van der Waals surface area contributed by atoms with Crippen LogP contribution in [0.15, 0.2) is 36.7 Å². The van der Waals surface area contributed by atoms with Gasteiger partial charge >= 0.3 is 0 Å². The molecule has 21 heavy (non-hydrogen) atoms. The van der Waals surface area contributed by atoms with Crippen molar-refractivity contribution in [1.82, 2.24) is 9.78 Å². The number of ether oxygens (including phenoxy) is 1. The Hall–Kier alpha value is -2.50. The fourth-order valence-corrected chi connectivity index (χ4v) is 1.85. The number of benzene rings is 1. The molecule has 0 aliphatic heterocycles. The first-order valence-corrected chi connectivity index (χ1v) is 6.86. The minimum atomic E-state index is -0.360. The maximum absolute atomic E-state index is 12.1. The van der Waals surface area contributed by atoms with Crippen molar-refractivity contribution in [2.75, 3.05) is 17.7 Å². The Labute approximate surface area is 124 Å². The monoisotopic (exact) mass is 288 g/mol. The summed E-state index contributed by atoms with van der Waals surface area (Å²) in [6.07, 6.45) is 3.58. The second-order valence-electron chi connectivity index (χ2n) is 4.67. The number of aryl methyl sites for hydroxylation is 1. The number of carbonyl (C=O) groups is 1. The van der Waals surface area contributed by atoms with Crippen LogP contribution in [0.5, 0.6) is 5.75 Å². The van der Waals surface area contributed by atoms with Crippen molar-refractivity contribution >= 4 is 17.3 Å². The van der Waals surface area contributed by atoms with E-state index in [2.05, 4.69) is 15.7 Å². The maximum atomic E-state index is 12.1. The highest BCUT2D eigenvalue weighted by Gasteiger charge is 2.13. The zero-order valence-corrected chi connectivity index (χ0v) is 12.5. The Morgan fingerprint density at radius 3 is 2.62 bits per heavy atom. The third kappa shape index (κ3) is 3.98. The fraction of sp³-hybridized carbons (Fsp3) is 0.333. The molecule has 2 rings (SSSR count). The van der Waals surface area contributed by atoms with Gasteiger partial charge in [-0.15, -0.1) is 0 Å². The van der Waals surface area contributed by atoms with Crippen molar-refractivity contribution in [3.05, 3.63) is 36.7 Å². The minimum absolute atomic E-state index is 0.107. The number of nitrogens with one attached hydrogen (secondary N) is 2. The predicted molar refractivity (Wildman–Crippen MR) is 82.6 cm³/mol. The molecule has 0 unspecified atom stereocenters. The molecule has 0 fully saturated rings. The van der Waals surface area contributed by atoms with Crippen molar-refractivity contribution in [1.29, 1.82) is 0 Å². The van der Waals surface area contributed by atoms with Gasteiger partial charge in [0.05, 0.1) is 19.0 Å². The van der Waals surface area contributed by atoms with E-state index in [0.29, 0.717) is 0 Å². The molecule has 0 spiro atoms. The Bertz CT molecular complexity index is 592. The van der Waals surface area contributed by atoms with Crippen molar-refractivity contribution in [3.63, 3.8) is 0 Å². The summed E-state index contributed by atoms with van der Waals surface area (Å²) < 4.78 is 6.88. The van der Waals surface area contributed by atoms with Crippen molar-refractivity contribution in [2.24, 2.45) is 0 Å². The highest BCUT2D eigenvalue weighted by Crippen LogP contribution is 2.15. The van der Waals surface area contributed by atoms with E-state index in [9.17, 15) is 4.79 Å². The summed E-state index contributed by atoms with van der Waals surface area (Å²) in [5.41, 5.74) is 1.56. The molecule has 1 aromatic carbocycles. The highest BCUT2D eigenvalue weighted by molar-refractivity contribution is 5.96. The maximum Gasteiger partial charge on any atom is 0.246 e. The zero-order chi connectivity index (χ0) is 15.2. The lowest BCUT2D eigenvalue weighted by Crippen LogP contribution is -2.31. The molecule has 2 aromatic rings. The van der Waals surface area contributed by atoms with Gasteiger partial charge in [0, 0.05) is 18.4 Å². The number of carbonyl (C=O) groups excluding carboxylic acids is 1. The standard InChI is InChI=1S/C15H20N4O2/c1-4-19-10-13(9-16-19)17-11(2)15(20)18-12-5-7-14(21-3)8-6-12/h5-11,17H,4H2,1-3H3,(H,18,20)/t11-/m1/s1. The zero-order valence-electron chi connectivity index (χ0n) is 12.5. The molecule has 6 heteroatoms. The van der Waals surface area contributed by atoms with Crippen LogP contribution in [-0.2, 0) is 11.3 Å². The first-order valence-electron chi connectivity index (χ1n) is 6.86. The first kappa shape index (κ1) is 14.9. The van der Waals surface area contributed by atoms with Gasteiger partial charge in [-0.1, -0.05) is 0 Å². The van der Waals surface area contributed by atoms with Gasteiger partial charge in [0.15, 0.2) is 0 Å². The van der Waals surface area contributed by atoms with E-state index in [4.69, 9.17) is 4.74 Å². The van der Waals surface area contributed by atoms with Crippen LogP contribution in [0.2, 0.25) is 0 Å². The van der Waals surface area contributed by atoms with Crippen LogP contribution < -0.4 is 15.4 Å². The smallest absolute Gasteiger partial charge is 0.246 e. The largest absolute Gasteiger partial charge is 0.497 e. The van der Waals surface area contributed by atoms with Crippen LogP contribution in [0.1, 0.15) is 13.8 Å². The highest BCUT2D eigenvalue weighted by atomic mass is 16.5. The Morgan fingerprint density at radius 1 is 1.33 bits per heavy atom. The fourth-order valence-electron chi connectivity index (χ4n) is 1.85. The first-order chi connectivity index (χ1) is 10.1. The number of amides is 1. The molecule has 0 saturated carbocycles. The summed E-state index contributed by atoms with van der Waals surface area (Å²) in [6, 6.07) is 6.86. The number of methoxy groups -OCH3 is 1. The quantitative estimate of drug-likeness (QED) is 0.856.